The van der Waals surface area contributed by atoms with Gasteiger partial charge in [-0.15, -0.1) is 5.10 Å². The predicted octanol–water partition coefficient (Wildman–Crippen LogP) is 6.18. The van der Waals surface area contributed by atoms with E-state index < -0.39 is 6.03 Å². The third-order valence-corrected chi connectivity index (χ3v) is 6.17. The van der Waals surface area contributed by atoms with E-state index in [0.717, 1.165) is 35.5 Å². The lowest BCUT2D eigenvalue weighted by molar-refractivity contribution is 0.262. The summed E-state index contributed by atoms with van der Waals surface area (Å²) in [4.78, 5) is 15.6. The van der Waals surface area contributed by atoms with Crippen molar-refractivity contribution in [2.75, 3.05) is 35.7 Å². The first kappa shape index (κ1) is 28.1. The summed E-state index contributed by atoms with van der Waals surface area (Å²) in [5.74, 6) is 1.79. The molecule has 0 saturated heterocycles. The third kappa shape index (κ3) is 6.74. The van der Waals surface area contributed by atoms with Crippen molar-refractivity contribution in [1.82, 2.24) is 20.6 Å². The number of benzene rings is 3. The summed E-state index contributed by atoms with van der Waals surface area (Å²) in [5, 5.41) is 29.6. The summed E-state index contributed by atoms with van der Waals surface area (Å²) in [6, 6.07) is 20.5. The van der Waals surface area contributed by atoms with Crippen LogP contribution in [-0.4, -0.2) is 46.9 Å². The Morgan fingerprint density at radius 2 is 1.73 bits per heavy atom. The molecule has 0 aliphatic rings. The lowest BCUT2D eigenvalue weighted by Crippen LogP contribution is -2.32. The number of aromatic amines is 1. The largest absolute Gasteiger partial charge is 0.495 e. The van der Waals surface area contributed by atoms with Crippen LogP contribution in [0, 0.1) is 23.2 Å². The van der Waals surface area contributed by atoms with Crippen LogP contribution in [0.3, 0.4) is 0 Å². The van der Waals surface area contributed by atoms with Crippen LogP contribution < -0.4 is 20.3 Å². The molecule has 4 rings (SSSR count). The van der Waals surface area contributed by atoms with Gasteiger partial charge in [0.25, 0.3) is 0 Å². The molecule has 0 aliphatic heterocycles. The van der Waals surface area contributed by atoms with E-state index in [1.165, 1.54) is 7.11 Å². The average Bonchev–Trinajstić information content (AvgIpc) is 3.47. The number of hydrogen-bond acceptors (Lipinski definition) is 7. The van der Waals surface area contributed by atoms with Gasteiger partial charge in [0.2, 0.25) is 0 Å². The molecule has 3 aromatic carbocycles. The number of hydrogen-bond donors (Lipinski definition) is 3. The van der Waals surface area contributed by atoms with Gasteiger partial charge in [0.15, 0.2) is 5.82 Å². The fraction of sp³-hybridized carbons (Fsp3) is 0.300. The van der Waals surface area contributed by atoms with E-state index in [-0.39, 0.29) is 0 Å². The molecule has 0 aliphatic carbocycles. The SMILES string of the molecule is COc1cc(NC(=O)Nc2cc(-c3ccccc3-c3nnn[nH]3)ccc2N(CC(C)C)CC(C)C)ccc1C#N. The molecule has 0 unspecified atom stereocenters. The summed E-state index contributed by atoms with van der Waals surface area (Å²) >= 11 is 0. The Kier molecular flexibility index (Phi) is 8.96. The van der Waals surface area contributed by atoms with Crippen LogP contribution in [0.25, 0.3) is 22.5 Å². The number of methoxy groups -OCH3 is 1. The zero-order valence-corrected chi connectivity index (χ0v) is 23.4. The smallest absolute Gasteiger partial charge is 0.323 e. The van der Waals surface area contributed by atoms with E-state index in [9.17, 15) is 10.1 Å². The van der Waals surface area contributed by atoms with Crippen molar-refractivity contribution in [2.24, 2.45) is 11.8 Å². The lowest BCUT2D eigenvalue weighted by Gasteiger charge is -2.31. The molecule has 1 heterocycles. The van der Waals surface area contributed by atoms with Gasteiger partial charge in [-0.25, -0.2) is 9.89 Å². The molecular formula is C30H34N8O2. The number of anilines is 3. The lowest BCUT2D eigenvalue weighted by atomic mass is 9.97. The van der Waals surface area contributed by atoms with Gasteiger partial charge in [0.05, 0.1) is 24.0 Å². The van der Waals surface area contributed by atoms with Crippen LogP contribution in [0.15, 0.2) is 60.7 Å². The fourth-order valence-electron chi connectivity index (χ4n) is 4.59. The number of tetrazole rings is 1. The molecule has 0 spiro atoms. The number of urea groups is 1. The maximum Gasteiger partial charge on any atom is 0.323 e. The molecule has 0 atom stereocenters. The molecule has 1 aromatic heterocycles. The number of H-pyrrole nitrogens is 1. The third-order valence-electron chi connectivity index (χ3n) is 6.17. The normalized spacial score (nSPS) is 10.8. The fourth-order valence-corrected chi connectivity index (χ4v) is 4.59. The Hall–Kier alpha value is -4.91. The first-order valence-electron chi connectivity index (χ1n) is 13.2. The van der Waals surface area contributed by atoms with E-state index in [2.05, 4.69) is 82.1 Å². The molecule has 0 fully saturated rings. The van der Waals surface area contributed by atoms with E-state index in [4.69, 9.17) is 4.74 Å². The molecular weight excluding hydrogens is 504 g/mol. The first-order valence-corrected chi connectivity index (χ1v) is 13.2. The summed E-state index contributed by atoms with van der Waals surface area (Å²) in [5.41, 5.74) is 5.17. The first-order chi connectivity index (χ1) is 19.3. The van der Waals surface area contributed by atoms with Gasteiger partial charge >= 0.3 is 6.03 Å². The van der Waals surface area contributed by atoms with Crippen LogP contribution in [0.5, 0.6) is 5.75 Å². The summed E-state index contributed by atoms with van der Waals surface area (Å²) < 4.78 is 5.29. The highest BCUT2D eigenvalue weighted by molar-refractivity contribution is 6.03. The van der Waals surface area contributed by atoms with Crippen molar-refractivity contribution in [1.29, 1.82) is 5.26 Å². The molecule has 3 N–H and O–H groups in total. The van der Waals surface area contributed by atoms with Crippen LogP contribution in [-0.2, 0) is 0 Å². The number of rotatable bonds is 10. The maximum absolute atomic E-state index is 13.3. The van der Waals surface area contributed by atoms with Crippen LogP contribution in [0.1, 0.15) is 33.3 Å². The second kappa shape index (κ2) is 12.8. The van der Waals surface area contributed by atoms with Gasteiger partial charge in [0.1, 0.15) is 11.8 Å². The average molecular weight is 539 g/mol. The molecule has 0 saturated carbocycles. The standard InChI is InChI=1S/C30H34N8O2/c1-19(2)17-38(18-20(3)4)27-13-11-21(24-8-6-7-9-25(24)29-34-36-37-35-29)14-26(27)33-30(39)32-23-12-10-22(16-31)28(15-23)40-5/h6-15,19-20H,17-18H2,1-5H3,(H2,32,33,39)(H,34,35,36,37). The van der Waals surface area contributed by atoms with Crippen molar-refractivity contribution < 1.29 is 9.53 Å². The zero-order chi connectivity index (χ0) is 28.6. The quantitative estimate of drug-likeness (QED) is 0.220. The number of ether oxygens (including phenoxy) is 1. The van der Waals surface area contributed by atoms with Gasteiger partial charge in [-0.2, -0.15) is 5.26 Å². The molecule has 0 bridgehead atoms. The number of carbonyl (C=O) groups excluding carboxylic acids is 1. The Morgan fingerprint density at radius 3 is 2.35 bits per heavy atom. The van der Waals surface area contributed by atoms with Crippen molar-refractivity contribution in [3.63, 3.8) is 0 Å². The van der Waals surface area contributed by atoms with E-state index in [0.29, 0.717) is 40.3 Å². The minimum Gasteiger partial charge on any atom is -0.495 e. The predicted molar refractivity (Wildman–Crippen MR) is 157 cm³/mol. The number of nitrogens with one attached hydrogen (secondary N) is 3. The molecule has 2 amide bonds. The van der Waals surface area contributed by atoms with Gasteiger partial charge < -0.3 is 20.3 Å². The zero-order valence-electron chi connectivity index (χ0n) is 23.4. The Labute approximate surface area is 234 Å². The number of aromatic nitrogens is 4. The number of nitrogens with zero attached hydrogens (tertiary/aromatic N) is 5. The van der Waals surface area contributed by atoms with Crippen LogP contribution in [0.4, 0.5) is 21.9 Å². The second-order valence-electron chi connectivity index (χ2n) is 10.3. The highest BCUT2D eigenvalue weighted by Gasteiger charge is 2.19. The second-order valence-corrected chi connectivity index (χ2v) is 10.3. The van der Waals surface area contributed by atoms with Gasteiger partial charge in [0, 0.05) is 30.4 Å². The van der Waals surface area contributed by atoms with Crippen molar-refractivity contribution in [3.05, 3.63) is 66.2 Å². The molecule has 40 heavy (non-hydrogen) atoms. The monoisotopic (exact) mass is 538 g/mol. The number of nitriles is 1. The van der Waals surface area contributed by atoms with E-state index >= 15 is 0 Å². The molecule has 4 aromatic rings. The Morgan fingerprint density at radius 1 is 1.00 bits per heavy atom. The maximum atomic E-state index is 13.3. The summed E-state index contributed by atoms with van der Waals surface area (Å²) in [6.45, 7) is 10.4. The van der Waals surface area contributed by atoms with Crippen molar-refractivity contribution in [2.45, 2.75) is 27.7 Å². The molecule has 206 valence electrons. The Balaban J connectivity index is 1.73. The van der Waals surface area contributed by atoms with E-state index in [1.54, 1.807) is 18.2 Å². The minimum absolute atomic E-state index is 0.390. The highest BCUT2D eigenvalue weighted by Crippen LogP contribution is 2.36. The van der Waals surface area contributed by atoms with E-state index in [1.807, 2.05) is 30.3 Å². The molecule has 0 radical (unpaired) electrons. The van der Waals surface area contributed by atoms with Gasteiger partial charge in [-0.3, -0.25) is 0 Å². The minimum atomic E-state index is -0.410. The topological polar surface area (TPSA) is 132 Å². The molecule has 10 nitrogen and oxygen atoms in total. The van der Waals surface area contributed by atoms with Gasteiger partial charge in [-0.05, 0) is 57.7 Å². The molecule has 10 heteroatoms. The van der Waals surface area contributed by atoms with Crippen molar-refractivity contribution >= 4 is 23.1 Å². The van der Waals surface area contributed by atoms with Crippen LogP contribution in [0.2, 0.25) is 0 Å². The summed E-state index contributed by atoms with van der Waals surface area (Å²) in [6.07, 6.45) is 0. The van der Waals surface area contributed by atoms with Crippen LogP contribution >= 0.6 is 0 Å². The van der Waals surface area contributed by atoms with Gasteiger partial charge in [-0.1, -0.05) is 58.0 Å². The number of amides is 2. The highest BCUT2D eigenvalue weighted by atomic mass is 16.5. The number of carbonyl (C=O) groups is 1. The Bertz CT molecular complexity index is 1480. The summed E-state index contributed by atoms with van der Waals surface area (Å²) in [7, 11) is 1.49. The van der Waals surface area contributed by atoms with Crippen molar-refractivity contribution in [3.8, 4) is 34.3 Å².